The predicted molar refractivity (Wildman–Crippen MR) is 147 cm³/mol. The number of H-pyrrole nitrogens is 1. The molecule has 0 aliphatic heterocycles. The topological polar surface area (TPSA) is 64.2 Å². The molecule has 1 unspecified atom stereocenters. The van der Waals surface area contributed by atoms with Crippen LogP contribution >= 0.6 is 11.8 Å². The first-order valence-electron chi connectivity index (χ1n) is 12.3. The first kappa shape index (κ1) is 25.8. The number of hydrogen-bond donors (Lipinski definition) is 1. The van der Waals surface area contributed by atoms with Gasteiger partial charge in [-0.2, -0.15) is 0 Å². The van der Waals surface area contributed by atoms with Crippen molar-refractivity contribution in [1.29, 1.82) is 0 Å². The van der Waals surface area contributed by atoms with Crippen LogP contribution in [0.25, 0.3) is 10.9 Å². The Labute approximate surface area is 217 Å². The summed E-state index contributed by atoms with van der Waals surface area (Å²) in [6.07, 6.45) is 2.33. The van der Waals surface area contributed by atoms with Gasteiger partial charge in [-0.25, -0.2) is 0 Å². The van der Waals surface area contributed by atoms with E-state index in [9.17, 15) is 4.79 Å². The van der Waals surface area contributed by atoms with Crippen molar-refractivity contribution in [3.63, 3.8) is 0 Å². The number of hydrogen-bond acceptors (Lipinski definition) is 5. The van der Waals surface area contributed by atoms with Crippen LogP contribution in [0, 0.1) is 6.92 Å². The van der Waals surface area contributed by atoms with Crippen LogP contribution in [-0.2, 0) is 22.6 Å². The van der Waals surface area contributed by atoms with Crippen LogP contribution < -0.4 is 4.74 Å². The second kappa shape index (κ2) is 11.2. The van der Waals surface area contributed by atoms with Crippen LogP contribution in [0.1, 0.15) is 56.1 Å². The van der Waals surface area contributed by atoms with Crippen LogP contribution in [0.15, 0.2) is 71.8 Å². The highest BCUT2D eigenvalue weighted by Crippen LogP contribution is 2.45. The highest BCUT2D eigenvalue weighted by atomic mass is 32.2. The van der Waals surface area contributed by atoms with E-state index >= 15 is 0 Å². The Hall–Kier alpha value is -3.25. The first-order chi connectivity index (χ1) is 17.3. The van der Waals surface area contributed by atoms with Gasteiger partial charge >= 0.3 is 5.97 Å². The van der Waals surface area contributed by atoms with E-state index in [0.29, 0.717) is 19.6 Å². The summed E-state index contributed by atoms with van der Waals surface area (Å²) in [6.45, 7) is 11.2. The van der Waals surface area contributed by atoms with Crippen LogP contribution in [0.2, 0.25) is 0 Å². The molecule has 0 fully saturated rings. The standard InChI is InChI=1S/C30H34N2O3S/c1-6-34-29(33)23(18-21-12-8-7-9-13-21)27-28(36-30(3,4)5)26-20(2)25(16-15-24(26)32-27)35-19-22-14-10-11-17-31-22/h7-17,23,32H,6,18-19H2,1-5H3. The Morgan fingerprint density at radius 2 is 1.81 bits per heavy atom. The largest absolute Gasteiger partial charge is 0.487 e. The molecule has 2 heterocycles. The smallest absolute Gasteiger partial charge is 0.315 e. The number of pyridine rings is 1. The quantitative estimate of drug-likeness (QED) is 0.193. The molecule has 1 N–H and O–H groups in total. The molecule has 2 aromatic heterocycles. The lowest BCUT2D eigenvalue weighted by Crippen LogP contribution is -2.20. The van der Waals surface area contributed by atoms with Gasteiger partial charge in [-0.05, 0) is 50.1 Å². The summed E-state index contributed by atoms with van der Waals surface area (Å²) in [4.78, 5) is 22.3. The van der Waals surface area contributed by atoms with Gasteiger partial charge in [0.05, 0.1) is 12.3 Å². The number of nitrogens with one attached hydrogen (secondary N) is 1. The number of ether oxygens (including phenoxy) is 2. The zero-order chi connectivity index (χ0) is 25.7. The SMILES string of the molecule is CCOC(=O)C(Cc1ccccc1)c1[nH]c2ccc(OCc3ccccn3)c(C)c2c1SC(C)(C)C. The maximum absolute atomic E-state index is 13.3. The van der Waals surface area contributed by atoms with Crippen molar-refractivity contribution in [2.75, 3.05) is 6.61 Å². The molecule has 0 aliphatic rings. The van der Waals surface area contributed by atoms with E-state index in [-0.39, 0.29) is 10.7 Å². The Morgan fingerprint density at radius 3 is 2.47 bits per heavy atom. The third-order valence-corrected chi connectivity index (χ3v) is 7.11. The van der Waals surface area contributed by atoms with E-state index in [4.69, 9.17) is 9.47 Å². The van der Waals surface area contributed by atoms with Gasteiger partial charge < -0.3 is 14.5 Å². The van der Waals surface area contributed by atoms with Gasteiger partial charge in [0.1, 0.15) is 18.3 Å². The second-order valence-corrected chi connectivity index (χ2v) is 11.6. The number of esters is 1. The Bertz CT molecular complexity index is 1310. The molecule has 0 spiro atoms. The molecular weight excluding hydrogens is 468 g/mol. The maximum Gasteiger partial charge on any atom is 0.315 e. The summed E-state index contributed by atoms with van der Waals surface area (Å²) in [5, 5.41) is 1.09. The van der Waals surface area contributed by atoms with Gasteiger partial charge in [-0.3, -0.25) is 9.78 Å². The Balaban J connectivity index is 1.80. The van der Waals surface area contributed by atoms with Gasteiger partial charge in [0.2, 0.25) is 0 Å². The highest BCUT2D eigenvalue weighted by Gasteiger charge is 2.31. The van der Waals surface area contributed by atoms with E-state index < -0.39 is 5.92 Å². The Kier molecular flexibility index (Phi) is 8.04. The molecule has 4 rings (SSSR count). The molecule has 0 radical (unpaired) electrons. The average Bonchev–Trinajstić information content (AvgIpc) is 3.20. The summed E-state index contributed by atoms with van der Waals surface area (Å²) < 4.78 is 11.7. The number of aryl methyl sites for hydroxylation is 1. The van der Waals surface area contributed by atoms with E-state index in [1.54, 1.807) is 18.0 Å². The summed E-state index contributed by atoms with van der Waals surface area (Å²) in [5.74, 6) is 0.153. The minimum Gasteiger partial charge on any atom is -0.487 e. The van der Waals surface area contributed by atoms with E-state index in [0.717, 1.165) is 44.1 Å². The zero-order valence-corrected chi connectivity index (χ0v) is 22.4. The molecule has 5 nitrogen and oxygen atoms in total. The lowest BCUT2D eigenvalue weighted by molar-refractivity contribution is -0.145. The lowest BCUT2D eigenvalue weighted by atomic mass is 9.96. The number of nitrogens with zero attached hydrogens (tertiary/aromatic N) is 1. The second-order valence-electron chi connectivity index (χ2n) is 9.80. The summed E-state index contributed by atoms with van der Waals surface area (Å²) in [5.41, 5.74) is 4.90. The van der Waals surface area contributed by atoms with Crippen molar-refractivity contribution in [2.45, 2.75) is 63.2 Å². The van der Waals surface area contributed by atoms with Gasteiger partial charge in [0.15, 0.2) is 0 Å². The maximum atomic E-state index is 13.3. The van der Waals surface area contributed by atoms with Gasteiger partial charge in [-0.1, -0.05) is 57.2 Å². The molecule has 4 aromatic rings. The molecule has 2 aromatic carbocycles. The molecule has 0 bridgehead atoms. The molecule has 1 atom stereocenters. The van der Waals surface area contributed by atoms with Crippen molar-refractivity contribution in [2.24, 2.45) is 0 Å². The fourth-order valence-corrected chi connectivity index (χ4v) is 5.55. The minimum atomic E-state index is -0.443. The van der Waals surface area contributed by atoms with Gasteiger partial charge in [0, 0.05) is 38.0 Å². The number of thioether (sulfide) groups is 1. The number of fused-ring (bicyclic) bond motifs is 1. The average molecular weight is 503 g/mol. The minimum absolute atomic E-state index is 0.0624. The van der Waals surface area contributed by atoms with Crippen molar-refractivity contribution in [1.82, 2.24) is 9.97 Å². The number of carbonyl (C=O) groups is 1. The van der Waals surface area contributed by atoms with Crippen molar-refractivity contribution >= 4 is 28.6 Å². The molecule has 36 heavy (non-hydrogen) atoms. The monoisotopic (exact) mass is 502 g/mol. The molecule has 0 saturated heterocycles. The predicted octanol–water partition coefficient (Wildman–Crippen LogP) is 7.23. The summed E-state index contributed by atoms with van der Waals surface area (Å²) in [7, 11) is 0. The number of benzene rings is 2. The molecular formula is C30H34N2O3S. The lowest BCUT2D eigenvalue weighted by Gasteiger charge is -2.22. The number of aromatic amines is 1. The number of aromatic nitrogens is 2. The van der Waals surface area contributed by atoms with Crippen LogP contribution in [-0.4, -0.2) is 27.3 Å². The molecule has 0 aliphatic carbocycles. The summed E-state index contributed by atoms with van der Waals surface area (Å²) in [6, 6.07) is 19.9. The zero-order valence-electron chi connectivity index (χ0n) is 21.6. The Morgan fingerprint density at radius 1 is 1.06 bits per heavy atom. The molecule has 6 heteroatoms. The molecule has 188 valence electrons. The van der Waals surface area contributed by atoms with E-state index in [1.165, 1.54) is 0 Å². The number of carbonyl (C=O) groups excluding carboxylic acids is 1. The summed E-state index contributed by atoms with van der Waals surface area (Å²) >= 11 is 1.77. The van der Waals surface area contributed by atoms with E-state index in [2.05, 4.69) is 49.8 Å². The van der Waals surface area contributed by atoms with E-state index in [1.807, 2.05) is 55.5 Å². The van der Waals surface area contributed by atoms with Gasteiger partial charge in [-0.15, -0.1) is 11.8 Å². The highest BCUT2D eigenvalue weighted by molar-refractivity contribution is 8.00. The number of rotatable bonds is 9. The fraction of sp³-hybridized carbons (Fsp3) is 0.333. The molecule has 0 saturated carbocycles. The van der Waals surface area contributed by atoms with Gasteiger partial charge in [0.25, 0.3) is 0 Å². The third-order valence-electron chi connectivity index (χ3n) is 5.87. The van der Waals surface area contributed by atoms with Crippen LogP contribution in [0.4, 0.5) is 0 Å². The van der Waals surface area contributed by atoms with Crippen molar-refractivity contribution in [3.8, 4) is 5.75 Å². The fourth-order valence-electron chi connectivity index (χ4n) is 4.27. The van der Waals surface area contributed by atoms with Crippen molar-refractivity contribution < 1.29 is 14.3 Å². The van der Waals surface area contributed by atoms with Crippen LogP contribution in [0.5, 0.6) is 5.75 Å². The normalized spacial score (nSPS) is 12.5. The first-order valence-corrected chi connectivity index (χ1v) is 13.2. The van der Waals surface area contributed by atoms with Crippen LogP contribution in [0.3, 0.4) is 0 Å². The third kappa shape index (κ3) is 6.11. The van der Waals surface area contributed by atoms with Crippen molar-refractivity contribution in [3.05, 3.63) is 89.4 Å². The molecule has 0 amide bonds.